The van der Waals surface area contributed by atoms with Gasteiger partial charge in [0.15, 0.2) is 4.77 Å². The number of fused-ring (bicyclic) bond motifs is 1. The Morgan fingerprint density at radius 2 is 1.87 bits per heavy atom. The van der Waals surface area contributed by atoms with E-state index in [-0.39, 0.29) is 15.4 Å². The predicted octanol–water partition coefficient (Wildman–Crippen LogP) is 5.15. The molecular formula is C22H15ClFN3O2S. The molecule has 0 aliphatic carbocycles. The van der Waals surface area contributed by atoms with E-state index in [2.05, 4.69) is 10.3 Å². The average Bonchev–Trinajstić information content (AvgIpc) is 2.74. The highest BCUT2D eigenvalue weighted by Crippen LogP contribution is 2.20. The van der Waals surface area contributed by atoms with Crippen LogP contribution in [0.5, 0.6) is 0 Å². The van der Waals surface area contributed by atoms with Gasteiger partial charge in [-0.2, -0.15) is 0 Å². The molecule has 1 heterocycles. The molecule has 1 amide bonds. The molecule has 0 aliphatic rings. The third-order valence-electron chi connectivity index (χ3n) is 4.61. The molecule has 0 saturated heterocycles. The van der Waals surface area contributed by atoms with Crippen LogP contribution in [0.1, 0.15) is 15.9 Å². The summed E-state index contributed by atoms with van der Waals surface area (Å²) in [6, 6.07) is 18.1. The molecule has 0 spiro atoms. The first-order valence-corrected chi connectivity index (χ1v) is 9.78. The third kappa shape index (κ3) is 4.03. The lowest BCUT2D eigenvalue weighted by molar-refractivity contribution is 0.102. The smallest absolute Gasteiger partial charge is 0.262 e. The van der Waals surface area contributed by atoms with E-state index in [1.807, 2.05) is 30.3 Å². The minimum atomic E-state index is -0.570. The maximum Gasteiger partial charge on any atom is 0.262 e. The Bertz CT molecular complexity index is 1380. The number of carbonyl (C=O) groups is 1. The van der Waals surface area contributed by atoms with Crippen LogP contribution in [0.2, 0.25) is 5.02 Å². The molecule has 0 aliphatic heterocycles. The molecule has 30 heavy (non-hydrogen) atoms. The lowest BCUT2D eigenvalue weighted by Crippen LogP contribution is -2.23. The van der Waals surface area contributed by atoms with Crippen molar-refractivity contribution in [3.05, 3.63) is 104 Å². The highest BCUT2D eigenvalue weighted by Gasteiger charge is 2.12. The summed E-state index contributed by atoms with van der Waals surface area (Å²) in [6.45, 7) is 0.346. The molecule has 4 rings (SSSR count). The fraction of sp³-hybridized carbons (Fsp3) is 0.0455. The molecule has 5 nitrogen and oxygen atoms in total. The van der Waals surface area contributed by atoms with Gasteiger partial charge in [-0.15, -0.1) is 0 Å². The molecular weight excluding hydrogens is 425 g/mol. The van der Waals surface area contributed by atoms with Gasteiger partial charge in [-0.1, -0.05) is 41.9 Å². The van der Waals surface area contributed by atoms with E-state index >= 15 is 0 Å². The zero-order chi connectivity index (χ0) is 21.3. The first kappa shape index (κ1) is 20.0. The Kier molecular flexibility index (Phi) is 5.48. The number of aromatic amines is 1. The Morgan fingerprint density at radius 1 is 1.10 bits per heavy atom. The van der Waals surface area contributed by atoms with Crippen LogP contribution in [0.4, 0.5) is 10.1 Å². The van der Waals surface area contributed by atoms with Gasteiger partial charge < -0.3 is 10.3 Å². The normalized spacial score (nSPS) is 10.9. The van der Waals surface area contributed by atoms with Crippen LogP contribution in [0, 0.1) is 10.6 Å². The number of anilines is 1. The molecule has 1 aromatic heterocycles. The molecule has 0 radical (unpaired) electrons. The van der Waals surface area contributed by atoms with Crippen molar-refractivity contribution in [2.45, 2.75) is 6.54 Å². The van der Waals surface area contributed by atoms with Gasteiger partial charge in [0.25, 0.3) is 11.5 Å². The summed E-state index contributed by atoms with van der Waals surface area (Å²) in [5.74, 6) is -0.993. The third-order valence-corrected chi connectivity index (χ3v) is 5.22. The predicted molar refractivity (Wildman–Crippen MR) is 118 cm³/mol. The quantitative estimate of drug-likeness (QED) is 0.432. The summed E-state index contributed by atoms with van der Waals surface area (Å²) in [4.78, 5) is 28.5. The Balaban J connectivity index is 1.66. The zero-order valence-electron chi connectivity index (χ0n) is 15.5. The van der Waals surface area contributed by atoms with E-state index in [0.29, 0.717) is 28.7 Å². The minimum Gasteiger partial charge on any atom is -0.332 e. The number of hydrogen-bond acceptors (Lipinski definition) is 3. The van der Waals surface area contributed by atoms with Gasteiger partial charge in [-0.25, -0.2) is 4.39 Å². The molecule has 0 unspecified atom stereocenters. The van der Waals surface area contributed by atoms with Crippen molar-refractivity contribution in [1.82, 2.24) is 9.55 Å². The monoisotopic (exact) mass is 439 g/mol. The van der Waals surface area contributed by atoms with E-state index in [4.69, 9.17) is 23.8 Å². The summed E-state index contributed by atoms with van der Waals surface area (Å²) in [5.41, 5.74) is 1.84. The molecule has 2 N–H and O–H groups in total. The zero-order valence-corrected chi connectivity index (χ0v) is 17.1. The van der Waals surface area contributed by atoms with Crippen LogP contribution >= 0.6 is 23.8 Å². The largest absolute Gasteiger partial charge is 0.332 e. The van der Waals surface area contributed by atoms with Gasteiger partial charge in [-0.05, 0) is 54.2 Å². The molecule has 0 bridgehead atoms. The van der Waals surface area contributed by atoms with Crippen LogP contribution in [-0.4, -0.2) is 15.5 Å². The standard InChI is InChI=1S/C22H15ClFN3O2S/c23-17-11-15(7-9-18(17)24)25-20(28)14-6-8-16-19(10-14)26-22(30)27(21(16)29)12-13-4-2-1-3-5-13/h1-11H,12H2,(H,25,28)(H,26,30). The number of amides is 1. The van der Waals surface area contributed by atoms with Crippen molar-refractivity contribution in [1.29, 1.82) is 0 Å². The van der Waals surface area contributed by atoms with Crippen molar-refractivity contribution < 1.29 is 9.18 Å². The molecule has 0 fully saturated rings. The number of hydrogen-bond donors (Lipinski definition) is 2. The SMILES string of the molecule is O=C(Nc1ccc(F)c(Cl)c1)c1ccc2c(=O)n(Cc3ccccc3)c(=S)[nH]c2c1. The van der Waals surface area contributed by atoms with Crippen molar-refractivity contribution in [3.63, 3.8) is 0 Å². The number of carbonyl (C=O) groups excluding carboxylic acids is 1. The second-order valence-corrected chi connectivity index (χ2v) is 7.44. The second kappa shape index (κ2) is 8.22. The lowest BCUT2D eigenvalue weighted by Gasteiger charge is -2.10. The van der Waals surface area contributed by atoms with Gasteiger partial charge in [0, 0.05) is 11.3 Å². The van der Waals surface area contributed by atoms with Crippen molar-refractivity contribution in [2.24, 2.45) is 0 Å². The number of H-pyrrole nitrogens is 1. The van der Waals surface area contributed by atoms with Gasteiger partial charge in [0.05, 0.1) is 22.5 Å². The van der Waals surface area contributed by atoms with Crippen LogP contribution in [0.3, 0.4) is 0 Å². The van der Waals surface area contributed by atoms with Crippen molar-refractivity contribution in [2.75, 3.05) is 5.32 Å². The number of aromatic nitrogens is 2. The number of rotatable bonds is 4. The fourth-order valence-corrected chi connectivity index (χ4v) is 3.52. The van der Waals surface area contributed by atoms with E-state index in [1.54, 1.807) is 18.2 Å². The molecule has 3 aromatic carbocycles. The Morgan fingerprint density at radius 3 is 2.60 bits per heavy atom. The number of benzene rings is 3. The maximum absolute atomic E-state index is 13.3. The van der Waals surface area contributed by atoms with E-state index < -0.39 is 11.7 Å². The van der Waals surface area contributed by atoms with E-state index in [0.717, 1.165) is 5.56 Å². The summed E-state index contributed by atoms with van der Waals surface area (Å²) in [7, 11) is 0. The molecule has 0 saturated carbocycles. The molecule has 150 valence electrons. The second-order valence-electron chi connectivity index (χ2n) is 6.65. The highest BCUT2D eigenvalue weighted by atomic mass is 35.5. The fourth-order valence-electron chi connectivity index (χ4n) is 3.08. The number of nitrogens with one attached hydrogen (secondary N) is 2. The lowest BCUT2D eigenvalue weighted by atomic mass is 10.1. The topological polar surface area (TPSA) is 66.9 Å². The Hall–Kier alpha value is -3.29. The minimum absolute atomic E-state index is 0.0886. The summed E-state index contributed by atoms with van der Waals surface area (Å²) in [5, 5.41) is 2.98. The highest BCUT2D eigenvalue weighted by molar-refractivity contribution is 7.71. The van der Waals surface area contributed by atoms with Crippen molar-refractivity contribution in [3.8, 4) is 0 Å². The van der Waals surface area contributed by atoms with Crippen LogP contribution < -0.4 is 10.9 Å². The van der Waals surface area contributed by atoms with Gasteiger partial charge in [-0.3, -0.25) is 14.2 Å². The summed E-state index contributed by atoms with van der Waals surface area (Å²) in [6.07, 6.45) is 0. The molecule has 8 heteroatoms. The molecule has 0 atom stereocenters. The van der Waals surface area contributed by atoms with Crippen LogP contribution in [0.15, 0.2) is 71.5 Å². The summed E-state index contributed by atoms with van der Waals surface area (Å²) >= 11 is 11.1. The first-order chi connectivity index (χ1) is 14.4. The van der Waals surface area contributed by atoms with E-state index in [1.165, 1.54) is 22.8 Å². The van der Waals surface area contributed by atoms with Crippen LogP contribution in [-0.2, 0) is 6.54 Å². The Labute approximate surface area is 180 Å². The maximum atomic E-state index is 13.3. The molecule has 4 aromatic rings. The van der Waals surface area contributed by atoms with Crippen molar-refractivity contribution >= 4 is 46.3 Å². The average molecular weight is 440 g/mol. The van der Waals surface area contributed by atoms with Gasteiger partial charge in [0.2, 0.25) is 0 Å². The van der Waals surface area contributed by atoms with Gasteiger partial charge >= 0.3 is 0 Å². The summed E-state index contributed by atoms with van der Waals surface area (Å²) < 4.78 is 15.0. The van der Waals surface area contributed by atoms with E-state index in [9.17, 15) is 14.0 Å². The number of halogens is 2. The van der Waals surface area contributed by atoms with Gasteiger partial charge in [0.1, 0.15) is 5.82 Å². The number of nitrogens with zero attached hydrogens (tertiary/aromatic N) is 1. The first-order valence-electron chi connectivity index (χ1n) is 8.99. The van der Waals surface area contributed by atoms with Crippen LogP contribution in [0.25, 0.3) is 10.9 Å².